The van der Waals surface area contributed by atoms with Crippen LogP contribution in [0, 0.1) is 5.41 Å². The first kappa shape index (κ1) is 17.7. The van der Waals surface area contributed by atoms with Crippen LogP contribution >= 0.6 is 0 Å². The second-order valence-corrected chi connectivity index (χ2v) is 8.53. The molecular formula is C23H27N3O. The van der Waals surface area contributed by atoms with Crippen LogP contribution in [-0.4, -0.2) is 19.9 Å². The molecule has 1 atom stereocenters. The summed E-state index contributed by atoms with van der Waals surface area (Å²) >= 11 is 0. The van der Waals surface area contributed by atoms with E-state index in [2.05, 4.69) is 53.6 Å². The zero-order valence-corrected chi connectivity index (χ0v) is 16.5. The quantitative estimate of drug-likeness (QED) is 0.792. The number of nitrogens with one attached hydrogen (secondary N) is 2. The van der Waals surface area contributed by atoms with Crippen LogP contribution in [0.2, 0.25) is 0 Å². The molecule has 1 heterocycles. The van der Waals surface area contributed by atoms with E-state index in [0.29, 0.717) is 6.42 Å². The zero-order valence-electron chi connectivity index (χ0n) is 16.5. The Balaban J connectivity index is 1.92. The molecule has 0 amide bonds. The summed E-state index contributed by atoms with van der Waals surface area (Å²) < 4.78 is 0. The van der Waals surface area contributed by atoms with E-state index in [1.807, 2.05) is 38.4 Å². The second-order valence-electron chi connectivity index (χ2n) is 8.53. The third-order valence-corrected chi connectivity index (χ3v) is 5.45. The van der Waals surface area contributed by atoms with Crippen molar-refractivity contribution in [3.05, 3.63) is 65.4 Å². The number of anilines is 3. The Hall–Kier alpha value is -2.75. The van der Waals surface area contributed by atoms with E-state index in [1.54, 1.807) is 0 Å². The molecule has 4 nitrogen and oxygen atoms in total. The molecule has 2 aliphatic rings. The molecular weight excluding hydrogens is 334 g/mol. The van der Waals surface area contributed by atoms with E-state index < -0.39 is 0 Å². The fourth-order valence-electron chi connectivity index (χ4n) is 4.26. The summed E-state index contributed by atoms with van der Waals surface area (Å²) in [6.45, 7) is 4.34. The summed E-state index contributed by atoms with van der Waals surface area (Å²) in [5.41, 5.74) is 6.19. The van der Waals surface area contributed by atoms with Crippen LogP contribution in [0.5, 0.6) is 0 Å². The number of Topliss-reactive ketones (excluding diaryl/α,β-unsaturated/α-hetero) is 1. The van der Waals surface area contributed by atoms with E-state index in [-0.39, 0.29) is 17.2 Å². The van der Waals surface area contributed by atoms with Crippen molar-refractivity contribution in [1.82, 2.24) is 0 Å². The van der Waals surface area contributed by atoms with Crippen LogP contribution < -0.4 is 15.5 Å². The number of benzene rings is 2. The van der Waals surface area contributed by atoms with Crippen LogP contribution in [0.1, 0.15) is 38.3 Å². The number of hydrogen-bond donors (Lipinski definition) is 2. The van der Waals surface area contributed by atoms with Crippen LogP contribution in [0.15, 0.2) is 59.8 Å². The highest BCUT2D eigenvalue weighted by molar-refractivity contribution is 6.01. The summed E-state index contributed by atoms with van der Waals surface area (Å²) in [7, 11) is 4.09. The maximum absolute atomic E-state index is 13.3. The molecule has 27 heavy (non-hydrogen) atoms. The first-order valence-electron chi connectivity index (χ1n) is 9.51. The van der Waals surface area contributed by atoms with Crippen molar-refractivity contribution >= 4 is 22.8 Å². The van der Waals surface area contributed by atoms with Crippen molar-refractivity contribution in [3.8, 4) is 0 Å². The van der Waals surface area contributed by atoms with Gasteiger partial charge in [-0.05, 0) is 30.0 Å². The first-order chi connectivity index (χ1) is 12.9. The minimum atomic E-state index is -0.168. The summed E-state index contributed by atoms with van der Waals surface area (Å²) in [6.07, 6.45) is 1.44. The zero-order chi connectivity index (χ0) is 19.2. The largest absolute Gasteiger partial charge is 0.377 e. The van der Waals surface area contributed by atoms with Crippen molar-refractivity contribution in [3.63, 3.8) is 0 Å². The first-order valence-corrected chi connectivity index (χ1v) is 9.51. The number of para-hydroxylation sites is 3. The fraction of sp³-hybridized carbons (Fsp3) is 0.348. The summed E-state index contributed by atoms with van der Waals surface area (Å²) in [5, 5.41) is 7.24. The topological polar surface area (TPSA) is 44.4 Å². The average Bonchev–Trinajstić information content (AvgIpc) is 2.76. The minimum absolute atomic E-state index is 0.0339. The van der Waals surface area contributed by atoms with Gasteiger partial charge >= 0.3 is 0 Å². The molecule has 0 saturated carbocycles. The normalized spacial score (nSPS) is 20.7. The van der Waals surface area contributed by atoms with Gasteiger partial charge in [-0.3, -0.25) is 4.79 Å². The predicted molar refractivity (Wildman–Crippen MR) is 112 cm³/mol. The molecule has 4 rings (SSSR count). The highest BCUT2D eigenvalue weighted by atomic mass is 16.1. The molecule has 4 heteroatoms. The number of hydrogen-bond acceptors (Lipinski definition) is 4. The van der Waals surface area contributed by atoms with Gasteiger partial charge in [-0.15, -0.1) is 0 Å². The lowest BCUT2D eigenvalue weighted by Gasteiger charge is -2.35. The molecule has 1 unspecified atom stereocenters. The van der Waals surface area contributed by atoms with Gasteiger partial charge in [-0.25, -0.2) is 0 Å². The number of ketones is 1. The van der Waals surface area contributed by atoms with Crippen molar-refractivity contribution in [2.75, 3.05) is 29.6 Å². The van der Waals surface area contributed by atoms with Gasteiger partial charge in [0.25, 0.3) is 0 Å². The molecule has 2 aromatic rings. The minimum Gasteiger partial charge on any atom is -0.377 e. The van der Waals surface area contributed by atoms with Gasteiger partial charge in [-0.2, -0.15) is 0 Å². The van der Waals surface area contributed by atoms with Gasteiger partial charge in [0.1, 0.15) is 0 Å². The number of rotatable bonds is 2. The number of nitrogens with zero attached hydrogens (tertiary/aromatic N) is 1. The Bertz CT molecular complexity index is 927. The Labute approximate surface area is 161 Å². The molecule has 2 N–H and O–H groups in total. The van der Waals surface area contributed by atoms with E-state index >= 15 is 0 Å². The molecule has 0 radical (unpaired) electrons. The summed E-state index contributed by atoms with van der Waals surface area (Å²) in [6, 6.07) is 16.3. The highest BCUT2D eigenvalue weighted by Crippen LogP contribution is 2.46. The van der Waals surface area contributed by atoms with Gasteiger partial charge in [-0.1, -0.05) is 44.2 Å². The molecule has 140 valence electrons. The molecule has 0 saturated heterocycles. The van der Waals surface area contributed by atoms with Crippen molar-refractivity contribution in [2.45, 2.75) is 32.7 Å². The maximum Gasteiger partial charge on any atom is 0.163 e. The lowest BCUT2D eigenvalue weighted by Crippen LogP contribution is -2.32. The third kappa shape index (κ3) is 3.20. The number of fused-ring (bicyclic) bond motifs is 1. The molecule has 2 aromatic carbocycles. The SMILES string of the molecule is CN(C)c1ccccc1C1Nc2ccccc2NC2=C1C(=O)CC(C)(C)C2. The third-order valence-electron chi connectivity index (χ3n) is 5.45. The molecule has 1 aliphatic carbocycles. The van der Waals surface area contributed by atoms with E-state index in [1.165, 1.54) is 0 Å². The smallest absolute Gasteiger partial charge is 0.163 e. The number of carbonyl (C=O) groups excluding carboxylic acids is 1. The van der Waals surface area contributed by atoms with Crippen molar-refractivity contribution in [2.24, 2.45) is 5.41 Å². The summed E-state index contributed by atoms with van der Waals surface area (Å²) in [5.74, 6) is 0.229. The van der Waals surface area contributed by atoms with Crippen molar-refractivity contribution in [1.29, 1.82) is 0 Å². The van der Waals surface area contributed by atoms with E-state index in [9.17, 15) is 4.79 Å². The van der Waals surface area contributed by atoms with Gasteiger partial charge in [0, 0.05) is 43.0 Å². The second kappa shape index (κ2) is 6.45. The molecule has 0 fully saturated rings. The average molecular weight is 361 g/mol. The monoisotopic (exact) mass is 361 g/mol. The van der Waals surface area contributed by atoms with E-state index in [4.69, 9.17) is 0 Å². The lowest BCUT2D eigenvalue weighted by atomic mass is 9.73. The van der Waals surface area contributed by atoms with Gasteiger partial charge in [0.2, 0.25) is 0 Å². The Morgan fingerprint density at radius 1 is 0.963 bits per heavy atom. The van der Waals surface area contributed by atoms with Crippen LogP contribution in [0.25, 0.3) is 0 Å². The molecule has 0 bridgehead atoms. The van der Waals surface area contributed by atoms with Gasteiger partial charge in [0.15, 0.2) is 5.78 Å². The highest BCUT2D eigenvalue weighted by Gasteiger charge is 2.39. The maximum atomic E-state index is 13.3. The number of carbonyl (C=O) groups is 1. The Morgan fingerprint density at radius 3 is 2.37 bits per heavy atom. The van der Waals surface area contributed by atoms with Crippen LogP contribution in [0.4, 0.5) is 17.1 Å². The molecule has 0 spiro atoms. The number of allylic oxidation sites excluding steroid dienone is 1. The molecule has 1 aliphatic heterocycles. The summed E-state index contributed by atoms with van der Waals surface area (Å²) in [4.78, 5) is 15.4. The lowest BCUT2D eigenvalue weighted by molar-refractivity contribution is -0.118. The van der Waals surface area contributed by atoms with Crippen molar-refractivity contribution < 1.29 is 4.79 Å². The Morgan fingerprint density at radius 2 is 1.63 bits per heavy atom. The standard InChI is InChI=1S/C23H27N3O/c1-23(2)13-18-21(20(27)14-23)22(15-9-5-8-12-19(15)26(3)4)25-17-11-7-6-10-16(17)24-18/h5-12,22,24-25H,13-14H2,1-4H3. The van der Waals surface area contributed by atoms with Gasteiger partial charge < -0.3 is 15.5 Å². The van der Waals surface area contributed by atoms with Crippen LogP contribution in [0.3, 0.4) is 0 Å². The van der Waals surface area contributed by atoms with Crippen LogP contribution in [-0.2, 0) is 4.79 Å². The Kier molecular flexibility index (Phi) is 4.22. The van der Waals surface area contributed by atoms with Gasteiger partial charge in [0.05, 0.1) is 17.4 Å². The van der Waals surface area contributed by atoms with E-state index in [0.717, 1.165) is 40.3 Å². The molecule has 0 aromatic heterocycles. The fourth-order valence-corrected chi connectivity index (χ4v) is 4.26. The predicted octanol–water partition coefficient (Wildman–Crippen LogP) is 4.97.